The van der Waals surface area contributed by atoms with Gasteiger partial charge in [-0.05, 0) is 48.9 Å². The normalized spacial score (nSPS) is 11.3. The number of carbonyl (C=O) groups excluding carboxylic acids is 2. The monoisotopic (exact) mass is 549 g/mol. The zero-order valence-corrected chi connectivity index (χ0v) is 23.7. The predicted molar refractivity (Wildman–Crippen MR) is 154 cm³/mol. The van der Waals surface area contributed by atoms with Crippen LogP contribution in [-0.2, 0) is 27.1 Å². The molecule has 8 nitrogen and oxygen atoms in total. The number of rotatable bonds is 11. The summed E-state index contributed by atoms with van der Waals surface area (Å²) in [7, 11) is 2.46. The number of aromatic nitrogens is 1. The van der Waals surface area contributed by atoms with Crippen LogP contribution in [0.15, 0.2) is 60.7 Å². The largest absolute Gasteiger partial charge is 0.497 e. The van der Waals surface area contributed by atoms with Crippen LogP contribution < -0.4 is 14.4 Å². The lowest BCUT2D eigenvalue weighted by Crippen LogP contribution is -2.32. The van der Waals surface area contributed by atoms with Crippen molar-refractivity contribution < 1.29 is 28.5 Å². The average molecular weight is 550 g/mol. The third-order valence-corrected chi connectivity index (χ3v) is 8.11. The smallest absolute Gasteiger partial charge is 0.395 e. The molecule has 1 unspecified atom stereocenters. The number of methoxy groups -OCH3 is 2. The van der Waals surface area contributed by atoms with E-state index in [0.29, 0.717) is 22.2 Å². The maximum Gasteiger partial charge on any atom is 0.395 e. The molecule has 4 aromatic rings. The van der Waals surface area contributed by atoms with Gasteiger partial charge in [-0.1, -0.05) is 30.3 Å². The maximum absolute atomic E-state index is 13.3. The summed E-state index contributed by atoms with van der Waals surface area (Å²) in [6.45, 7) is 4.13. The lowest BCUT2D eigenvalue weighted by molar-refractivity contribution is -0.141. The van der Waals surface area contributed by atoms with Gasteiger partial charge in [0.25, 0.3) is 5.01 Å². The van der Waals surface area contributed by atoms with E-state index in [9.17, 15) is 9.59 Å². The van der Waals surface area contributed by atoms with Gasteiger partial charge in [-0.2, -0.15) is 4.98 Å². The van der Waals surface area contributed by atoms with Gasteiger partial charge in [-0.25, -0.2) is 4.79 Å². The van der Waals surface area contributed by atoms with Gasteiger partial charge in [0.05, 0.1) is 33.0 Å². The number of hydrogen-bond acceptors (Lipinski definition) is 8. The van der Waals surface area contributed by atoms with E-state index < -0.39 is 22.4 Å². The number of esters is 2. The van der Waals surface area contributed by atoms with Crippen LogP contribution in [-0.4, -0.2) is 50.9 Å². The number of carbonyl (C=O) groups is 2. The van der Waals surface area contributed by atoms with E-state index in [2.05, 4.69) is 12.1 Å². The van der Waals surface area contributed by atoms with E-state index in [4.69, 9.17) is 23.9 Å². The fourth-order valence-electron chi connectivity index (χ4n) is 4.40. The maximum atomic E-state index is 13.3. The molecule has 3 aromatic carbocycles. The molecule has 0 fully saturated rings. The number of nitrogens with zero attached hydrogens (tertiary/aromatic N) is 2. The van der Waals surface area contributed by atoms with Crippen molar-refractivity contribution in [2.24, 2.45) is 6.26 Å². The van der Waals surface area contributed by atoms with E-state index >= 15 is 0 Å². The van der Waals surface area contributed by atoms with Gasteiger partial charge in [0, 0.05) is 28.6 Å². The molecule has 1 heterocycles. The van der Waals surface area contributed by atoms with Crippen molar-refractivity contribution in [3.05, 3.63) is 71.1 Å². The van der Waals surface area contributed by atoms with Crippen molar-refractivity contribution in [3.63, 3.8) is 0 Å². The van der Waals surface area contributed by atoms with Crippen molar-refractivity contribution in [2.45, 2.75) is 20.4 Å². The molecule has 0 saturated carbocycles. The molecule has 9 heteroatoms. The van der Waals surface area contributed by atoms with Crippen molar-refractivity contribution in [1.82, 2.24) is 4.98 Å². The van der Waals surface area contributed by atoms with E-state index in [1.54, 1.807) is 39.0 Å². The van der Waals surface area contributed by atoms with Crippen LogP contribution >= 0.6 is 10.5 Å². The quantitative estimate of drug-likeness (QED) is 0.168. The highest BCUT2D eigenvalue weighted by atomic mass is 32.2. The topological polar surface area (TPSA) is 87.2 Å². The number of ether oxygens (including phenoxy) is 4. The first-order valence-electron chi connectivity index (χ1n) is 12.7. The van der Waals surface area contributed by atoms with E-state index in [0.717, 1.165) is 26.9 Å². The Labute approximate surface area is 231 Å². The molecular weight excluding hydrogens is 516 g/mol. The summed E-state index contributed by atoms with van der Waals surface area (Å²) in [5.74, 6) is 0.757. The molecule has 0 aliphatic rings. The summed E-state index contributed by atoms with van der Waals surface area (Å²) < 4.78 is 21.7. The molecule has 0 radical (unpaired) electrons. The fourth-order valence-corrected chi connectivity index (χ4v) is 6.05. The summed E-state index contributed by atoms with van der Waals surface area (Å²) >= 11 is 0. The lowest BCUT2D eigenvalue weighted by Gasteiger charge is -2.22. The zero-order valence-electron chi connectivity index (χ0n) is 22.9. The standard InChI is InChI=1S/C30H33N2O6S/c1-6-37-26(33)19-32(18-23-14-15-24(35-3)17-25(23)36-4)28-27(30(34)38-7-2)39(5)29(31-28)22-13-12-20-10-8-9-11-21(20)16-22/h8-17H,6-7,18-19H2,1-5H3/q+1. The van der Waals surface area contributed by atoms with Crippen LogP contribution in [0, 0.1) is 0 Å². The van der Waals surface area contributed by atoms with Gasteiger partial charge >= 0.3 is 16.8 Å². The minimum absolute atomic E-state index is 0.104. The fraction of sp³-hybridized carbons (Fsp3) is 0.300. The molecule has 0 aliphatic carbocycles. The minimum atomic E-state index is -0.703. The van der Waals surface area contributed by atoms with Crippen molar-refractivity contribution in [3.8, 4) is 22.1 Å². The average Bonchev–Trinajstić information content (AvgIpc) is 3.29. The molecule has 0 saturated heterocycles. The summed E-state index contributed by atoms with van der Waals surface area (Å²) in [5, 5.41) is 2.95. The van der Waals surface area contributed by atoms with Crippen LogP contribution in [0.4, 0.5) is 5.82 Å². The first-order valence-corrected chi connectivity index (χ1v) is 14.3. The van der Waals surface area contributed by atoms with Crippen LogP contribution in [0.1, 0.15) is 29.1 Å². The summed E-state index contributed by atoms with van der Waals surface area (Å²) in [4.78, 5) is 33.2. The van der Waals surface area contributed by atoms with Gasteiger partial charge < -0.3 is 23.8 Å². The first kappa shape index (κ1) is 27.9. The molecule has 1 atom stereocenters. The first-order chi connectivity index (χ1) is 18.9. The molecule has 4 rings (SSSR count). The minimum Gasteiger partial charge on any atom is -0.497 e. The third-order valence-electron chi connectivity index (χ3n) is 6.24. The molecule has 0 bridgehead atoms. The van der Waals surface area contributed by atoms with Gasteiger partial charge in [-0.3, -0.25) is 4.79 Å². The van der Waals surface area contributed by atoms with Gasteiger partial charge in [0.1, 0.15) is 24.3 Å². The van der Waals surface area contributed by atoms with Gasteiger partial charge in [0.2, 0.25) is 5.82 Å². The Kier molecular flexibility index (Phi) is 9.03. The molecule has 0 aliphatic heterocycles. The van der Waals surface area contributed by atoms with Crippen molar-refractivity contribution >= 4 is 39.0 Å². The highest BCUT2D eigenvalue weighted by Crippen LogP contribution is 2.42. The Morgan fingerprint density at radius 2 is 1.64 bits per heavy atom. The Hall–Kier alpha value is -4.11. The van der Waals surface area contributed by atoms with E-state index in [1.807, 2.05) is 48.7 Å². The molecule has 204 valence electrons. The molecular formula is C30H33N2O6S+. The van der Waals surface area contributed by atoms with Gasteiger partial charge in [-0.15, -0.1) is 0 Å². The number of thiazole rings is 1. The number of fused-ring (bicyclic) bond motifs is 1. The van der Waals surface area contributed by atoms with Crippen LogP contribution in [0.25, 0.3) is 21.3 Å². The Morgan fingerprint density at radius 1 is 0.897 bits per heavy atom. The van der Waals surface area contributed by atoms with Crippen LogP contribution in [0.3, 0.4) is 0 Å². The Morgan fingerprint density at radius 3 is 2.33 bits per heavy atom. The van der Waals surface area contributed by atoms with Crippen molar-refractivity contribution in [2.75, 3.05) is 38.9 Å². The second kappa shape index (κ2) is 12.6. The third kappa shape index (κ3) is 6.15. The number of anilines is 1. The predicted octanol–water partition coefficient (Wildman–Crippen LogP) is 5.95. The number of benzene rings is 3. The highest BCUT2D eigenvalue weighted by molar-refractivity contribution is 7.34. The van der Waals surface area contributed by atoms with E-state index in [-0.39, 0.29) is 26.3 Å². The molecule has 0 spiro atoms. The van der Waals surface area contributed by atoms with Gasteiger partial charge in [0.15, 0.2) is 0 Å². The highest BCUT2D eigenvalue weighted by Gasteiger charge is 2.37. The SMILES string of the molecule is CCOC(=O)CN(Cc1ccc(OC)cc1OC)c1nc(-c2ccc3ccccc3c2)[s+](C)c1C(=O)OCC. The van der Waals surface area contributed by atoms with Crippen LogP contribution in [0.2, 0.25) is 0 Å². The van der Waals surface area contributed by atoms with Crippen LogP contribution in [0.5, 0.6) is 11.5 Å². The molecule has 0 amide bonds. The Balaban J connectivity index is 1.86. The number of hydrogen-bond donors (Lipinski definition) is 0. The molecule has 39 heavy (non-hydrogen) atoms. The summed E-state index contributed by atoms with van der Waals surface area (Å²) in [6, 6.07) is 19.7. The zero-order chi connectivity index (χ0) is 27.9. The summed E-state index contributed by atoms with van der Waals surface area (Å²) in [5.41, 5.74) is 1.71. The Bertz CT molecular complexity index is 1480. The molecule has 0 N–H and O–H groups in total. The second-order valence-electron chi connectivity index (χ2n) is 8.70. The van der Waals surface area contributed by atoms with Crippen molar-refractivity contribution in [1.29, 1.82) is 0 Å². The second-order valence-corrected chi connectivity index (χ2v) is 10.5. The summed E-state index contributed by atoms with van der Waals surface area (Å²) in [6.07, 6.45) is 1.96. The molecule has 1 aromatic heterocycles. The lowest BCUT2D eigenvalue weighted by atomic mass is 10.1. The van der Waals surface area contributed by atoms with E-state index in [1.165, 1.54) is 0 Å².